The molecule has 1 aliphatic heterocycles. The van der Waals surface area contributed by atoms with E-state index in [0.717, 1.165) is 43.8 Å². The van der Waals surface area contributed by atoms with E-state index >= 15 is 0 Å². The molecule has 0 saturated carbocycles. The summed E-state index contributed by atoms with van der Waals surface area (Å²) in [6.07, 6.45) is 5.20. The van der Waals surface area contributed by atoms with Gasteiger partial charge in [0.2, 0.25) is 0 Å². The van der Waals surface area contributed by atoms with Crippen LogP contribution in [-0.4, -0.2) is 42.0 Å². The number of hydrogen-bond donors (Lipinski definition) is 1. The highest BCUT2D eigenvalue weighted by molar-refractivity contribution is 5.94. The molecule has 0 radical (unpaired) electrons. The second kappa shape index (κ2) is 9.55. The molecule has 1 aliphatic rings. The van der Waals surface area contributed by atoms with Crippen LogP contribution in [0.15, 0.2) is 73.1 Å². The first-order chi connectivity index (χ1) is 14.7. The van der Waals surface area contributed by atoms with E-state index in [1.807, 2.05) is 18.2 Å². The van der Waals surface area contributed by atoms with Gasteiger partial charge in [0.25, 0.3) is 5.91 Å². The number of amides is 1. The smallest absolute Gasteiger partial charge is 0.253 e. The van der Waals surface area contributed by atoms with Gasteiger partial charge in [-0.1, -0.05) is 36.4 Å². The molecule has 1 aromatic heterocycles. The number of rotatable bonds is 6. The number of piperidine rings is 1. The number of carbonyl (C=O) groups is 1. The number of aromatic nitrogens is 1. The number of hydrogen-bond acceptors (Lipinski definition) is 4. The molecule has 4 rings (SSSR count). The third-order valence-corrected chi connectivity index (χ3v) is 5.60. The fraction of sp³-hybridized carbons (Fsp3) is 0.280. The lowest BCUT2D eigenvalue weighted by molar-refractivity contribution is 0.0908. The van der Waals surface area contributed by atoms with Crippen molar-refractivity contribution in [1.82, 2.24) is 15.2 Å². The van der Waals surface area contributed by atoms with Crippen LogP contribution in [-0.2, 0) is 6.54 Å². The lowest BCUT2D eigenvalue weighted by Gasteiger charge is -2.32. The molecule has 0 aliphatic carbocycles. The number of para-hydroxylation sites is 1. The van der Waals surface area contributed by atoms with E-state index in [9.17, 15) is 4.79 Å². The van der Waals surface area contributed by atoms with E-state index in [2.05, 4.69) is 45.5 Å². The molecular weight excluding hydrogens is 374 g/mol. The molecule has 1 N–H and O–H groups in total. The maximum absolute atomic E-state index is 12.3. The lowest BCUT2D eigenvalue weighted by Crippen LogP contribution is -2.44. The number of pyridine rings is 1. The van der Waals surface area contributed by atoms with E-state index in [0.29, 0.717) is 5.56 Å². The molecule has 5 nitrogen and oxygen atoms in total. The Morgan fingerprint density at radius 2 is 1.93 bits per heavy atom. The maximum Gasteiger partial charge on any atom is 0.253 e. The Morgan fingerprint density at radius 1 is 1.10 bits per heavy atom. The van der Waals surface area contributed by atoms with Crippen LogP contribution in [0.3, 0.4) is 0 Å². The van der Waals surface area contributed by atoms with Gasteiger partial charge in [-0.3, -0.25) is 14.7 Å². The van der Waals surface area contributed by atoms with Crippen molar-refractivity contribution >= 4 is 5.91 Å². The van der Waals surface area contributed by atoms with E-state index in [-0.39, 0.29) is 11.9 Å². The van der Waals surface area contributed by atoms with E-state index in [1.54, 1.807) is 31.6 Å². The second-order valence-electron chi connectivity index (χ2n) is 7.67. The van der Waals surface area contributed by atoms with Crippen LogP contribution in [0.25, 0.3) is 11.1 Å². The van der Waals surface area contributed by atoms with Crippen molar-refractivity contribution in [2.45, 2.75) is 25.4 Å². The summed E-state index contributed by atoms with van der Waals surface area (Å²) in [5, 5.41) is 3.14. The van der Waals surface area contributed by atoms with E-state index in [4.69, 9.17) is 4.74 Å². The molecule has 1 saturated heterocycles. The summed E-state index contributed by atoms with van der Waals surface area (Å²) in [6, 6.07) is 20.6. The van der Waals surface area contributed by atoms with Gasteiger partial charge in [-0.25, -0.2) is 0 Å². The average molecular weight is 402 g/mol. The first-order valence-corrected chi connectivity index (χ1v) is 10.4. The first kappa shape index (κ1) is 20.1. The van der Waals surface area contributed by atoms with Crippen molar-refractivity contribution < 1.29 is 9.53 Å². The van der Waals surface area contributed by atoms with Crippen molar-refractivity contribution in [1.29, 1.82) is 0 Å². The van der Waals surface area contributed by atoms with Crippen molar-refractivity contribution in [3.8, 4) is 16.9 Å². The summed E-state index contributed by atoms with van der Waals surface area (Å²) < 4.78 is 5.52. The van der Waals surface area contributed by atoms with Gasteiger partial charge in [0, 0.05) is 43.6 Å². The second-order valence-corrected chi connectivity index (χ2v) is 7.67. The molecule has 2 heterocycles. The van der Waals surface area contributed by atoms with Crippen molar-refractivity contribution in [3.05, 3.63) is 84.2 Å². The summed E-state index contributed by atoms with van der Waals surface area (Å²) >= 11 is 0. The minimum absolute atomic E-state index is 0.0361. The SMILES string of the molecule is COc1ccccc1-c1cccc(CN2CCC(NC(=O)c3cccnc3)CC2)c1. The highest BCUT2D eigenvalue weighted by Gasteiger charge is 2.21. The Labute approximate surface area is 177 Å². The molecule has 30 heavy (non-hydrogen) atoms. The maximum atomic E-state index is 12.3. The average Bonchev–Trinajstić information content (AvgIpc) is 2.81. The quantitative estimate of drug-likeness (QED) is 0.674. The fourth-order valence-corrected chi connectivity index (χ4v) is 3.98. The minimum Gasteiger partial charge on any atom is -0.496 e. The number of methoxy groups -OCH3 is 1. The third-order valence-electron chi connectivity index (χ3n) is 5.60. The zero-order valence-electron chi connectivity index (χ0n) is 17.3. The van der Waals surface area contributed by atoms with Gasteiger partial charge in [-0.15, -0.1) is 0 Å². The lowest BCUT2D eigenvalue weighted by atomic mass is 10.0. The molecule has 5 heteroatoms. The summed E-state index contributed by atoms with van der Waals surface area (Å²) in [4.78, 5) is 18.8. The van der Waals surface area contributed by atoms with Gasteiger partial charge < -0.3 is 10.1 Å². The monoisotopic (exact) mass is 401 g/mol. The molecule has 1 amide bonds. The van der Waals surface area contributed by atoms with Crippen molar-refractivity contribution in [2.24, 2.45) is 0 Å². The molecule has 1 fully saturated rings. The predicted octanol–water partition coefficient (Wildman–Crippen LogP) is 4.15. The summed E-state index contributed by atoms with van der Waals surface area (Å²) in [5.74, 6) is 0.853. The molecule has 0 bridgehead atoms. The van der Waals surface area contributed by atoms with Crippen LogP contribution in [0.4, 0.5) is 0 Å². The zero-order chi connectivity index (χ0) is 20.8. The van der Waals surface area contributed by atoms with E-state index < -0.39 is 0 Å². The summed E-state index contributed by atoms with van der Waals surface area (Å²) in [7, 11) is 1.71. The Hall–Kier alpha value is -3.18. The van der Waals surface area contributed by atoms with Gasteiger partial charge in [0.1, 0.15) is 5.75 Å². The van der Waals surface area contributed by atoms with Gasteiger partial charge in [-0.2, -0.15) is 0 Å². The van der Waals surface area contributed by atoms with Crippen LogP contribution in [0.1, 0.15) is 28.8 Å². The number of nitrogens with one attached hydrogen (secondary N) is 1. The molecule has 154 valence electrons. The standard InChI is InChI=1S/C25H27N3O2/c1-30-24-10-3-2-9-23(24)20-7-4-6-19(16-20)18-28-14-11-22(12-15-28)27-25(29)21-8-5-13-26-17-21/h2-10,13,16-17,22H,11-12,14-15,18H2,1H3,(H,27,29). The summed E-state index contributed by atoms with van der Waals surface area (Å²) in [6.45, 7) is 2.85. The third kappa shape index (κ3) is 4.86. The highest BCUT2D eigenvalue weighted by Crippen LogP contribution is 2.30. The van der Waals surface area contributed by atoms with Gasteiger partial charge >= 0.3 is 0 Å². The normalized spacial score (nSPS) is 15.0. The molecule has 0 spiro atoms. The molecule has 3 aromatic rings. The van der Waals surface area contributed by atoms with E-state index in [1.165, 1.54) is 11.1 Å². The minimum atomic E-state index is -0.0361. The van der Waals surface area contributed by atoms with Crippen LogP contribution in [0.2, 0.25) is 0 Å². The largest absolute Gasteiger partial charge is 0.496 e. The number of ether oxygens (including phenoxy) is 1. The highest BCUT2D eigenvalue weighted by atomic mass is 16.5. The first-order valence-electron chi connectivity index (χ1n) is 10.4. The Bertz CT molecular complexity index is 982. The fourth-order valence-electron chi connectivity index (χ4n) is 3.98. The summed E-state index contributed by atoms with van der Waals surface area (Å²) in [5.41, 5.74) is 4.19. The molecular formula is C25H27N3O2. The van der Waals surface area contributed by atoms with Crippen molar-refractivity contribution in [3.63, 3.8) is 0 Å². The molecule has 0 unspecified atom stereocenters. The zero-order valence-corrected chi connectivity index (χ0v) is 17.3. The number of benzene rings is 2. The Balaban J connectivity index is 1.34. The van der Waals surface area contributed by atoms with Crippen molar-refractivity contribution in [2.75, 3.05) is 20.2 Å². The Kier molecular flexibility index (Phi) is 6.40. The molecule has 2 aromatic carbocycles. The predicted molar refractivity (Wildman–Crippen MR) is 118 cm³/mol. The van der Waals surface area contributed by atoms with Crippen LogP contribution in [0, 0.1) is 0 Å². The van der Waals surface area contributed by atoms with Gasteiger partial charge in [0.15, 0.2) is 0 Å². The number of nitrogens with zero attached hydrogens (tertiary/aromatic N) is 2. The number of carbonyl (C=O) groups excluding carboxylic acids is 1. The van der Waals surface area contributed by atoms with Gasteiger partial charge in [-0.05, 0) is 48.2 Å². The topological polar surface area (TPSA) is 54.5 Å². The number of likely N-dealkylation sites (tertiary alicyclic amines) is 1. The van der Waals surface area contributed by atoms with Gasteiger partial charge in [0.05, 0.1) is 12.7 Å². The van der Waals surface area contributed by atoms with Crippen LogP contribution in [0.5, 0.6) is 5.75 Å². The molecule has 0 atom stereocenters. The van der Waals surface area contributed by atoms with Crippen LogP contribution >= 0.6 is 0 Å². The van der Waals surface area contributed by atoms with Crippen LogP contribution < -0.4 is 10.1 Å². The Morgan fingerprint density at radius 3 is 2.70 bits per heavy atom.